The third kappa shape index (κ3) is 6.05. The number of nitrogens with zero attached hydrogens (tertiary/aromatic N) is 2. The maximum atomic E-state index is 8.96. The number of rotatable bonds is 7. The minimum Gasteiger partial charge on any atom is -0.306 e. The lowest BCUT2D eigenvalue weighted by atomic mass is 9.89. The van der Waals surface area contributed by atoms with Crippen molar-refractivity contribution in [3.05, 3.63) is 0 Å². The van der Waals surface area contributed by atoms with Crippen molar-refractivity contribution in [1.82, 2.24) is 10.2 Å². The highest BCUT2D eigenvalue weighted by atomic mass is 15.1. The van der Waals surface area contributed by atoms with Crippen LogP contribution in [0.25, 0.3) is 0 Å². The van der Waals surface area contributed by atoms with Crippen molar-refractivity contribution in [2.24, 2.45) is 5.92 Å². The van der Waals surface area contributed by atoms with Gasteiger partial charge in [0.25, 0.3) is 0 Å². The molecule has 3 nitrogen and oxygen atoms in total. The minimum absolute atomic E-state index is 0.0220. The largest absolute Gasteiger partial charge is 0.306 e. The summed E-state index contributed by atoms with van der Waals surface area (Å²) in [6.45, 7) is 5.17. The number of hydrogen-bond acceptors (Lipinski definition) is 3. The molecular weight excluding hydrogens is 210 g/mol. The van der Waals surface area contributed by atoms with E-state index in [-0.39, 0.29) is 6.04 Å². The van der Waals surface area contributed by atoms with E-state index in [0.29, 0.717) is 0 Å². The molecule has 0 aromatic heterocycles. The van der Waals surface area contributed by atoms with E-state index in [1.54, 1.807) is 0 Å². The van der Waals surface area contributed by atoms with E-state index in [1.165, 1.54) is 38.6 Å². The first-order chi connectivity index (χ1) is 8.26. The fourth-order valence-electron chi connectivity index (χ4n) is 2.71. The van der Waals surface area contributed by atoms with Crippen LogP contribution in [0.3, 0.4) is 0 Å². The standard InChI is InChI=1S/C14H27N3/c1-3-16-14(11-15)9-10-17(2)12-13-7-5-4-6-8-13/h13-14,16H,3-10,12H2,1-2H3. The zero-order valence-electron chi connectivity index (χ0n) is 11.4. The van der Waals surface area contributed by atoms with Crippen LogP contribution in [0.15, 0.2) is 0 Å². The molecule has 1 aliphatic carbocycles. The maximum Gasteiger partial charge on any atom is 0.0965 e. The van der Waals surface area contributed by atoms with Crippen LogP contribution in [0.5, 0.6) is 0 Å². The molecule has 0 spiro atoms. The van der Waals surface area contributed by atoms with E-state index >= 15 is 0 Å². The fourth-order valence-corrected chi connectivity index (χ4v) is 2.71. The van der Waals surface area contributed by atoms with Crippen LogP contribution < -0.4 is 5.32 Å². The van der Waals surface area contributed by atoms with Crippen molar-refractivity contribution in [1.29, 1.82) is 5.26 Å². The van der Waals surface area contributed by atoms with Crippen molar-refractivity contribution in [3.8, 4) is 6.07 Å². The first-order valence-electron chi connectivity index (χ1n) is 7.07. The fraction of sp³-hybridized carbons (Fsp3) is 0.929. The van der Waals surface area contributed by atoms with E-state index in [0.717, 1.165) is 25.4 Å². The molecule has 17 heavy (non-hydrogen) atoms. The summed E-state index contributed by atoms with van der Waals surface area (Å²) in [5, 5.41) is 12.2. The van der Waals surface area contributed by atoms with E-state index in [1.807, 2.05) is 0 Å². The van der Waals surface area contributed by atoms with Gasteiger partial charge in [0.1, 0.15) is 0 Å². The van der Waals surface area contributed by atoms with Crippen LogP contribution >= 0.6 is 0 Å². The molecule has 1 N–H and O–H groups in total. The zero-order valence-corrected chi connectivity index (χ0v) is 11.4. The summed E-state index contributed by atoms with van der Waals surface area (Å²) in [6.07, 6.45) is 8.00. The summed E-state index contributed by atoms with van der Waals surface area (Å²) in [6, 6.07) is 2.35. The third-order valence-electron chi connectivity index (χ3n) is 3.70. The lowest BCUT2D eigenvalue weighted by Crippen LogP contribution is -2.34. The monoisotopic (exact) mass is 237 g/mol. The minimum atomic E-state index is 0.0220. The molecule has 1 atom stereocenters. The summed E-state index contributed by atoms with van der Waals surface area (Å²) in [5.41, 5.74) is 0. The molecule has 0 aromatic carbocycles. The summed E-state index contributed by atoms with van der Waals surface area (Å²) in [4.78, 5) is 2.40. The van der Waals surface area contributed by atoms with E-state index in [2.05, 4.69) is 30.3 Å². The summed E-state index contributed by atoms with van der Waals surface area (Å²) < 4.78 is 0. The molecule has 98 valence electrons. The lowest BCUT2D eigenvalue weighted by Gasteiger charge is -2.27. The van der Waals surface area contributed by atoms with Gasteiger partial charge in [0.2, 0.25) is 0 Å². The SMILES string of the molecule is CCNC(C#N)CCN(C)CC1CCCCC1. The van der Waals surface area contributed by atoms with Gasteiger partial charge >= 0.3 is 0 Å². The normalized spacial score (nSPS) is 19.2. The molecule has 1 fully saturated rings. The smallest absolute Gasteiger partial charge is 0.0965 e. The molecule has 0 saturated heterocycles. The molecule has 1 aliphatic rings. The Morgan fingerprint density at radius 1 is 1.35 bits per heavy atom. The molecule has 3 heteroatoms. The maximum absolute atomic E-state index is 8.96. The van der Waals surface area contributed by atoms with Crippen LogP contribution in [0.4, 0.5) is 0 Å². The van der Waals surface area contributed by atoms with Crippen molar-refractivity contribution in [2.45, 2.75) is 51.5 Å². The molecular formula is C14H27N3. The Morgan fingerprint density at radius 3 is 2.65 bits per heavy atom. The quantitative estimate of drug-likeness (QED) is 0.739. The number of hydrogen-bond donors (Lipinski definition) is 1. The highest BCUT2D eigenvalue weighted by Gasteiger charge is 2.15. The Balaban J connectivity index is 2.15. The van der Waals surface area contributed by atoms with Crippen LogP contribution in [0.2, 0.25) is 0 Å². The van der Waals surface area contributed by atoms with Crippen LogP contribution in [0, 0.1) is 17.2 Å². The Morgan fingerprint density at radius 2 is 2.06 bits per heavy atom. The molecule has 1 unspecified atom stereocenters. The number of nitrogens with one attached hydrogen (secondary N) is 1. The van der Waals surface area contributed by atoms with Gasteiger partial charge in [-0.25, -0.2) is 0 Å². The molecule has 0 aliphatic heterocycles. The highest BCUT2D eigenvalue weighted by Crippen LogP contribution is 2.24. The van der Waals surface area contributed by atoms with Gasteiger partial charge in [-0.05, 0) is 38.8 Å². The van der Waals surface area contributed by atoms with Crippen LogP contribution in [0.1, 0.15) is 45.4 Å². The Kier molecular flexibility index (Phi) is 7.23. The lowest BCUT2D eigenvalue weighted by molar-refractivity contribution is 0.228. The van der Waals surface area contributed by atoms with Gasteiger partial charge in [0.15, 0.2) is 0 Å². The van der Waals surface area contributed by atoms with Crippen LogP contribution in [-0.4, -0.2) is 37.6 Å². The highest BCUT2D eigenvalue weighted by molar-refractivity contribution is 4.89. The Labute approximate surface area is 106 Å². The summed E-state index contributed by atoms with van der Waals surface area (Å²) in [7, 11) is 2.19. The van der Waals surface area contributed by atoms with Gasteiger partial charge < -0.3 is 10.2 Å². The average Bonchev–Trinajstić information content (AvgIpc) is 2.35. The van der Waals surface area contributed by atoms with Gasteiger partial charge in [0.05, 0.1) is 12.1 Å². The van der Waals surface area contributed by atoms with Gasteiger partial charge in [0, 0.05) is 13.1 Å². The molecule has 0 aromatic rings. The number of nitriles is 1. The summed E-state index contributed by atoms with van der Waals surface area (Å²) >= 11 is 0. The van der Waals surface area contributed by atoms with Gasteiger partial charge in [-0.1, -0.05) is 26.2 Å². The van der Waals surface area contributed by atoms with Gasteiger partial charge in [-0.2, -0.15) is 5.26 Å². The van der Waals surface area contributed by atoms with E-state index < -0.39 is 0 Å². The first-order valence-corrected chi connectivity index (χ1v) is 7.07. The van der Waals surface area contributed by atoms with E-state index in [9.17, 15) is 0 Å². The second-order valence-electron chi connectivity index (χ2n) is 5.29. The molecule has 0 radical (unpaired) electrons. The van der Waals surface area contributed by atoms with Crippen molar-refractivity contribution >= 4 is 0 Å². The molecule has 0 bridgehead atoms. The third-order valence-corrected chi connectivity index (χ3v) is 3.70. The van der Waals surface area contributed by atoms with Crippen LogP contribution in [-0.2, 0) is 0 Å². The van der Waals surface area contributed by atoms with Crippen molar-refractivity contribution in [3.63, 3.8) is 0 Å². The molecule has 1 rings (SSSR count). The summed E-state index contributed by atoms with van der Waals surface area (Å²) in [5.74, 6) is 0.897. The Hall–Kier alpha value is -0.590. The second kappa shape index (κ2) is 8.49. The average molecular weight is 237 g/mol. The first kappa shape index (κ1) is 14.5. The Bertz CT molecular complexity index is 228. The molecule has 0 amide bonds. The molecule has 0 heterocycles. The van der Waals surface area contributed by atoms with Crippen molar-refractivity contribution in [2.75, 3.05) is 26.7 Å². The van der Waals surface area contributed by atoms with Gasteiger partial charge in [-0.15, -0.1) is 0 Å². The van der Waals surface area contributed by atoms with E-state index in [4.69, 9.17) is 5.26 Å². The predicted molar refractivity (Wildman–Crippen MR) is 71.8 cm³/mol. The zero-order chi connectivity index (χ0) is 12.5. The molecule has 1 saturated carbocycles. The predicted octanol–water partition coefficient (Wildman–Crippen LogP) is 2.39. The topological polar surface area (TPSA) is 39.1 Å². The van der Waals surface area contributed by atoms with Gasteiger partial charge in [-0.3, -0.25) is 0 Å². The second-order valence-corrected chi connectivity index (χ2v) is 5.29. The van der Waals surface area contributed by atoms with Crippen molar-refractivity contribution < 1.29 is 0 Å².